The number of aromatic nitrogens is 1. The number of rotatable bonds is 7. The normalized spacial score (nSPS) is 11.2. The van der Waals surface area contributed by atoms with E-state index in [9.17, 15) is 0 Å². The molecular formula is C15H21BrN2. The molecule has 0 saturated carbocycles. The molecule has 1 heterocycles. The Labute approximate surface area is 118 Å². The summed E-state index contributed by atoms with van der Waals surface area (Å²) < 4.78 is 3.49. The van der Waals surface area contributed by atoms with Crippen molar-refractivity contribution in [3.05, 3.63) is 34.9 Å². The van der Waals surface area contributed by atoms with Gasteiger partial charge in [-0.3, -0.25) is 0 Å². The maximum Gasteiger partial charge on any atom is 0.0492 e. The fraction of sp³-hybridized carbons (Fsp3) is 0.467. The Bertz CT molecular complexity index is 490. The second kappa shape index (κ2) is 6.95. The van der Waals surface area contributed by atoms with E-state index in [0.717, 1.165) is 19.6 Å². The van der Waals surface area contributed by atoms with Gasteiger partial charge in [-0.15, -0.1) is 0 Å². The Morgan fingerprint density at radius 1 is 1.17 bits per heavy atom. The van der Waals surface area contributed by atoms with Crippen LogP contribution in [0.5, 0.6) is 0 Å². The summed E-state index contributed by atoms with van der Waals surface area (Å²) in [7, 11) is 0. The number of fused-ring (bicyclic) bond motifs is 1. The zero-order valence-electron chi connectivity index (χ0n) is 11.0. The lowest BCUT2D eigenvalue weighted by Crippen LogP contribution is -2.20. The number of nitrogens with zero attached hydrogens (tertiary/aromatic N) is 1. The second-order valence-electron chi connectivity index (χ2n) is 4.64. The number of benzene rings is 1. The fourth-order valence-corrected chi connectivity index (χ4v) is 2.69. The lowest BCUT2D eigenvalue weighted by Gasteiger charge is -2.07. The maximum absolute atomic E-state index is 3.59. The molecule has 0 spiro atoms. The van der Waals surface area contributed by atoms with Gasteiger partial charge < -0.3 is 9.88 Å². The highest BCUT2D eigenvalue weighted by Gasteiger charge is 2.02. The number of halogens is 1. The summed E-state index contributed by atoms with van der Waals surface area (Å²) in [6.07, 6.45) is 6.07. The summed E-state index contributed by atoms with van der Waals surface area (Å²) >= 11 is 3.59. The lowest BCUT2D eigenvalue weighted by molar-refractivity contribution is 0.576. The number of hydrogen-bond donors (Lipinski definition) is 1. The van der Waals surface area contributed by atoms with E-state index in [-0.39, 0.29) is 0 Å². The monoisotopic (exact) mass is 308 g/mol. The van der Waals surface area contributed by atoms with Crippen LogP contribution in [-0.2, 0) is 6.54 Å². The Morgan fingerprint density at radius 2 is 2.06 bits per heavy atom. The lowest BCUT2D eigenvalue weighted by atomic mass is 10.2. The summed E-state index contributed by atoms with van der Waals surface area (Å²) in [6.45, 7) is 5.45. The molecule has 0 fully saturated rings. The number of unbranched alkanes of at least 4 members (excludes halogenated alkanes) is 2. The first-order valence-corrected chi connectivity index (χ1v) is 7.56. The molecule has 18 heavy (non-hydrogen) atoms. The van der Waals surface area contributed by atoms with Gasteiger partial charge in [-0.2, -0.15) is 0 Å². The Morgan fingerprint density at radius 3 is 2.89 bits per heavy atom. The zero-order chi connectivity index (χ0) is 12.8. The van der Waals surface area contributed by atoms with Crippen LogP contribution in [0.3, 0.4) is 0 Å². The second-order valence-corrected chi connectivity index (χ2v) is 5.49. The van der Waals surface area contributed by atoms with Gasteiger partial charge in [0.05, 0.1) is 0 Å². The third-order valence-corrected chi connectivity index (χ3v) is 3.94. The van der Waals surface area contributed by atoms with Crippen LogP contribution in [0.25, 0.3) is 10.9 Å². The largest absolute Gasteiger partial charge is 0.346 e. The molecule has 1 aromatic heterocycles. The molecule has 0 saturated heterocycles. The molecule has 2 aromatic rings. The molecule has 0 amide bonds. The van der Waals surface area contributed by atoms with E-state index in [1.165, 1.54) is 34.6 Å². The maximum atomic E-state index is 3.59. The Kier molecular flexibility index (Phi) is 5.26. The van der Waals surface area contributed by atoms with Gasteiger partial charge in [0.1, 0.15) is 0 Å². The predicted octanol–water partition coefficient (Wildman–Crippen LogP) is 4.18. The van der Waals surface area contributed by atoms with Crippen LogP contribution in [0, 0.1) is 0 Å². The van der Waals surface area contributed by atoms with Crippen LogP contribution in [-0.4, -0.2) is 17.7 Å². The molecule has 2 rings (SSSR count). The minimum absolute atomic E-state index is 1.03. The van der Waals surface area contributed by atoms with E-state index >= 15 is 0 Å². The molecule has 1 N–H and O–H groups in total. The standard InChI is InChI=1S/C15H21BrN2/c1-2-3-4-9-17-10-12-18-11-8-13-14(16)6-5-7-15(13)18/h5-8,11,17H,2-4,9-10,12H2,1H3. The van der Waals surface area contributed by atoms with Crippen LogP contribution < -0.4 is 5.32 Å². The van der Waals surface area contributed by atoms with Crippen LogP contribution in [0.2, 0.25) is 0 Å². The van der Waals surface area contributed by atoms with Crippen molar-refractivity contribution < 1.29 is 0 Å². The molecule has 98 valence electrons. The number of nitrogens with one attached hydrogen (secondary N) is 1. The highest BCUT2D eigenvalue weighted by molar-refractivity contribution is 9.10. The van der Waals surface area contributed by atoms with Gasteiger partial charge in [0.25, 0.3) is 0 Å². The van der Waals surface area contributed by atoms with E-state index in [1.807, 2.05) is 0 Å². The van der Waals surface area contributed by atoms with E-state index < -0.39 is 0 Å². The highest BCUT2D eigenvalue weighted by atomic mass is 79.9. The molecule has 1 aromatic carbocycles. The summed E-state index contributed by atoms with van der Waals surface area (Å²) in [6, 6.07) is 8.54. The smallest absolute Gasteiger partial charge is 0.0492 e. The molecule has 0 atom stereocenters. The first-order chi connectivity index (χ1) is 8.83. The van der Waals surface area contributed by atoms with Gasteiger partial charge in [-0.05, 0) is 31.2 Å². The van der Waals surface area contributed by atoms with E-state index in [1.54, 1.807) is 0 Å². The summed E-state index contributed by atoms with van der Waals surface area (Å²) in [5.41, 5.74) is 1.31. The van der Waals surface area contributed by atoms with Crippen molar-refractivity contribution in [1.82, 2.24) is 9.88 Å². The first kappa shape index (κ1) is 13.6. The molecule has 0 bridgehead atoms. The van der Waals surface area contributed by atoms with Crippen LogP contribution in [0.15, 0.2) is 34.9 Å². The third kappa shape index (κ3) is 3.36. The van der Waals surface area contributed by atoms with Gasteiger partial charge in [0, 0.05) is 34.7 Å². The SMILES string of the molecule is CCCCCNCCn1ccc2c(Br)cccc21. The van der Waals surface area contributed by atoms with Crippen LogP contribution in [0.4, 0.5) is 0 Å². The van der Waals surface area contributed by atoms with E-state index in [4.69, 9.17) is 0 Å². The average Bonchev–Trinajstić information content (AvgIpc) is 2.79. The van der Waals surface area contributed by atoms with Gasteiger partial charge in [0.2, 0.25) is 0 Å². The van der Waals surface area contributed by atoms with Crippen molar-refractivity contribution in [2.45, 2.75) is 32.7 Å². The Hall–Kier alpha value is -0.800. The van der Waals surface area contributed by atoms with Crippen molar-refractivity contribution >= 4 is 26.8 Å². The molecule has 0 radical (unpaired) electrons. The first-order valence-electron chi connectivity index (χ1n) is 6.77. The van der Waals surface area contributed by atoms with Crippen molar-refractivity contribution in [2.24, 2.45) is 0 Å². The molecule has 0 unspecified atom stereocenters. The van der Waals surface area contributed by atoms with Gasteiger partial charge in [-0.25, -0.2) is 0 Å². The summed E-state index contributed by atoms with van der Waals surface area (Å²) in [5.74, 6) is 0. The highest BCUT2D eigenvalue weighted by Crippen LogP contribution is 2.24. The van der Waals surface area contributed by atoms with E-state index in [2.05, 4.69) is 63.2 Å². The van der Waals surface area contributed by atoms with Crippen molar-refractivity contribution in [3.8, 4) is 0 Å². The molecule has 0 aliphatic heterocycles. The van der Waals surface area contributed by atoms with Gasteiger partial charge in [-0.1, -0.05) is 41.8 Å². The van der Waals surface area contributed by atoms with Crippen molar-refractivity contribution in [1.29, 1.82) is 0 Å². The van der Waals surface area contributed by atoms with Gasteiger partial charge >= 0.3 is 0 Å². The van der Waals surface area contributed by atoms with Gasteiger partial charge in [0.15, 0.2) is 0 Å². The van der Waals surface area contributed by atoms with Crippen molar-refractivity contribution in [2.75, 3.05) is 13.1 Å². The molecule has 3 heteroatoms. The minimum atomic E-state index is 1.03. The average molecular weight is 309 g/mol. The molecular weight excluding hydrogens is 288 g/mol. The van der Waals surface area contributed by atoms with Crippen LogP contribution in [0.1, 0.15) is 26.2 Å². The Balaban J connectivity index is 1.86. The third-order valence-electron chi connectivity index (χ3n) is 3.25. The number of hydrogen-bond acceptors (Lipinski definition) is 1. The molecule has 2 nitrogen and oxygen atoms in total. The summed E-state index contributed by atoms with van der Waals surface area (Å²) in [4.78, 5) is 0. The zero-order valence-corrected chi connectivity index (χ0v) is 12.5. The van der Waals surface area contributed by atoms with E-state index in [0.29, 0.717) is 0 Å². The minimum Gasteiger partial charge on any atom is -0.346 e. The molecule has 0 aliphatic rings. The van der Waals surface area contributed by atoms with Crippen LogP contribution >= 0.6 is 15.9 Å². The topological polar surface area (TPSA) is 17.0 Å². The van der Waals surface area contributed by atoms with Crippen molar-refractivity contribution in [3.63, 3.8) is 0 Å². The summed E-state index contributed by atoms with van der Waals surface area (Å²) in [5, 5.41) is 4.80. The molecule has 0 aliphatic carbocycles. The quantitative estimate of drug-likeness (QED) is 0.759. The fourth-order valence-electron chi connectivity index (χ4n) is 2.21. The predicted molar refractivity (Wildman–Crippen MR) is 82.0 cm³/mol.